The Hall–Kier alpha value is -5.77. The SMILES string of the molecule is CC(C)(C)c1cc(-c2cc(-c3ccccc3)ccn2)[c-]c(-c2cccc3c2nc2c4c(O)cc5c6ccccc6oc5c4c4ccccc4n32)c1.[Pt]. The molecule has 0 spiro atoms. The molecule has 1 N–H and O–H groups in total. The number of hydrogen-bond donors (Lipinski definition) is 1. The minimum absolute atomic E-state index is 0. The number of imidazole rings is 1. The van der Waals surface area contributed by atoms with Crippen LogP contribution < -0.4 is 0 Å². The summed E-state index contributed by atoms with van der Waals surface area (Å²) >= 11 is 0. The third-order valence-corrected chi connectivity index (χ3v) is 10.1. The van der Waals surface area contributed by atoms with Crippen LogP contribution in [0.5, 0.6) is 5.75 Å². The smallest absolute Gasteiger partial charge is 0.149 e. The van der Waals surface area contributed by atoms with Crippen LogP contribution in [0.1, 0.15) is 26.3 Å². The van der Waals surface area contributed by atoms with Gasteiger partial charge in [-0.25, -0.2) is 4.98 Å². The van der Waals surface area contributed by atoms with Crippen LogP contribution in [0.3, 0.4) is 0 Å². The second-order valence-corrected chi connectivity index (χ2v) is 14.3. The Labute approximate surface area is 314 Å². The Bertz CT molecular complexity index is 3030. The van der Waals surface area contributed by atoms with E-state index in [-0.39, 0.29) is 32.2 Å². The van der Waals surface area contributed by atoms with Gasteiger partial charge in [0.1, 0.15) is 22.6 Å². The van der Waals surface area contributed by atoms with E-state index >= 15 is 0 Å². The van der Waals surface area contributed by atoms with Gasteiger partial charge in [-0.05, 0) is 46.9 Å². The molecule has 52 heavy (non-hydrogen) atoms. The minimum Gasteiger partial charge on any atom is -0.507 e. The summed E-state index contributed by atoms with van der Waals surface area (Å²) in [6.07, 6.45) is 1.87. The number of phenolic OH excluding ortho intramolecular Hbond substituents is 1. The summed E-state index contributed by atoms with van der Waals surface area (Å²) in [6.45, 7) is 6.69. The van der Waals surface area contributed by atoms with Crippen molar-refractivity contribution in [3.05, 3.63) is 145 Å². The van der Waals surface area contributed by atoms with Crippen molar-refractivity contribution in [2.45, 2.75) is 26.2 Å². The number of pyridine rings is 2. The molecule has 4 heterocycles. The molecule has 10 rings (SSSR count). The number of hydrogen-bond acceptors (Lipinski definition) is 4. The van der Waals surface area contributed by atoms with Gasteiger partial charge < -0.3 is 9.52 Å². The van der Waals surface area contributed by atoms with Crippen molar-refractivity contribution in [3.63, 3.8) is 0 Å². The zero-order chi connectivity index (χ0) is 34.4. The number of aromatic hydroxyl groups is 1. The molecule has 0 amide bonds. The first-order valence-corrected chi connectivity index (χ1v) is 17.2. The molecule has 0 fully saturated rings. The fraction of sp³-hybridized carbons (Fsp3) is 0.0870. The van der Waals surface area contributed by atoms with Gasteiger partial charge in [0.05, 0.1) is 21.9 Å². The van der Waals surface area contributed by atoms with Crippen LogP contribution >= 0.6 is 0 Å². The van der Waals surface area contributed by atoms with Crippen LogP contribution in [0.4, 0.5) is 0 Å². The van der Waals surface area contributed by atoms with Crippen LogP contribution in [0.25, 0.3) is 93.8 Å². The zero-order valence-electron chi connectivity index (χ0n) is 28.7. The second kappa shape index (κ2) is 11.9. The van der Waals surface area contributed by atoms with Crippen molar-refractivity contribution in [1.29, 1.82) is 0 Å². The van der Waals surface area contributed by atoms with Crippen LogP contribution in [0.15, 0.2) is 138 Å². The summed E-state index contributed by atoms with van der Waals surface area (Å²) in [7, 11) is 0. The van der Waals surface area contributed by atoms with E-state index in [1.165, 1.54) is 5.56 Å². The normalized spacial score (nSPS) is 12.1. The Kier molecular flexibility index (Phi) is 7.36. The standard InChI is InChI=1S/C46H32N3O2.Pt/c1-46(2,3)31-23-29(22-30(24-31)36-25-28(20-21-47-36)27-12-5-4-6-13-27)32-16-11-18-38-43(32)48-45-42-39(50)26-35-33-14-8-10-19-40(33)51-44(35)41(42)34-15-7-9-17-37(34)49(38)45;/h4-21,23-26,50H,1-3H3;/q-1;. The summed E-state index contributed by atoms with van der Waals surface area (Å²) in [5.41, 5.74) is 12.0. The average Bonchev–Trinajstić information content (AvgIpc) is 3.73. The molecule has 6 aromatic carbocycles. The van der Waals surface area contributed by atoms with E-state index in [1.54, 1.807) is 0 Å². The number of para-hydroxylation sites is 3. The first-order valence-electron chi connectivity index (χ1n) is 17.2. The molecular weight excluding hydrogens is 822 g/mol. The van der Waals surface area contributed by atoms with Crippen LogP contribution in [0, 0.1) is 6.07 Å². The summed E-state index contributed by atoms with van der Waals surface area (Å²) in [5.74, 6) is 0.171. The number of nitrogens with zero attached hydrogens (tertiary/aromatic N) is 3. The zero-order valence-corrected chi connectivity index (χ0v) is 31.0. The average molecular weight is 854 g/mol. The molecule has 0 unspecified atom stereocenters. The van der Waals surface area contributed by atoms with Gasteiger partial charge in [0.25, 0.3) is 0 Å². The van der Waals surface area contributed by atoms with Crippen molar-refractivity contribution in [3.8, 4) is 39.3 Å². The summed E-state index contributed by atoms with van der Waals surface area (Å²) < 4.78 is 8.69. The van der Waals surface area contributed by atoms with Gasteiger partial charge >= 0.3 is 0 Å². The topological polar surface area (TPSA) is 63.6 Å². The van der Waals surface area contributed by atoms with Gasteiger partial charge in [-0.3, -0.25) is 9.38 Å². The fourth-order valence-electron chi connectivity index (χ4n) is 7.61. The Balaban J connectivity index is 0.00000360. The van der Waals surface area contributed by atoms with Gasteiger partial charge in [0.15, 0.2) is 0 Å². The largest absolute Gasteiger partial charge is 0.507 e. The van der Waals surface area contributed by atoms with E-state index in [2.05, 4.69) is 104 Å². The molecule has 254 valence electrons. The quantitative estimate of drug-likeness (QED) is 0.142. The fourth-order valence-corrected chi connectivity index (χ4v) is 7.61. The Morgan fingerprint density at radius 2 is 1.40 bits per heavy atom. The number of benzene rings is 6. The van der Waals surface area contributed by atoms with E-state index in [9.17, 15) is 5.11 Å². The second-order valence-electron chi connectivity index (χ2n) is 14.3. The van der Waals surface area contributed by atoms with Gasteiger partial charge in [-0.1, -0.05) is 117 Å². The maximum absolute atomic E-state index is 11.8. The molecule has 0 bridgehead atoms. The molecule has 0 aliphatic heterocycles. The first kappa shape index (κ1) is 32.2. The Morgan fingerprint density at radius 3 is 2.23 bits per heavy atom. The molecule has 4 aromatic heterocycles. The van der Waals surface area contributed by atoms with E-state index in [4.69, 9.17) is 14.4 Å². The molecule has 0 saturated heterocycles. The molecule has 0 atom stereocenters. The third kappa shape index (κ3) is 4.87. The summed E-state index contributed by atoms with van der Waals surface area (Å²) in [4.78, 5) is 10.2. The van der Waals surface area contributed by atoms with Gasteiger partial charge in [-0.15, -0.1) is 29.3 Å². The maximum atomic E-state index is 11.8. The first-order chi connectivity index (χ1) is 24.8. The predicted molar refractivity (Wildman–Crippen MR) is 208 cm³/mol. The van der Waals surface area contributed by atoms with Crippen molar-refractivity contribution in [2.75, 3.05) is 0 Å². The van der Waals surface area contributed by atoms with Crippen LogP contribution in [-0.4, -0.2) is 19.5 Å². The predicted octanol–water partition coefficient (Wildman–Crippen LogP) is 11.9. The number of rotatable bonds is 3. The third-order valence-electron chi connectivity index (χ3n) is 10.1. The van der Waals surface area contributed by atoms with Gasteiger partial charge in [-0.2, -0.15) is 0 Å². The van der Waals surface area contributed by atoms with Crippen LogP contribution in [-0.2, 0) is 26.5 Å². The molecule has 10 aromatic rings. The monoisotopic (exact) mass is 853 g/mol. The number of aromatic nitrogens is 3. The maximum Gasteiger partial charge on any atom is 0.149 e. The molecule has 0 saturated carbocycles. The molecule has 0 radical (unpaired) electrons. The molecular formula is C46H32N3O2Pt-. The van der Waals surface area contributed by atoms with Gasteiger partial charge in [0, 0.05) is 54.5 Å². The van der Waals surface area contributed by atoms with E-state index < -0.39 is 0 Å². The van der Waals surface area contributed by atoms with Crippen molar-refractivity contribution < 1.29 is 30.6 Å². The van der Waals surface area contributed by atoms with E-state index in [1.807, 2.05) is 60.8 Å². The van der Waals surface area contributed by atoms with E-state index in [0.29, 0.717) is 11.0 Å². The summed E-state index contributed by atoms with van der Waals surface area (Å²) in [6, 6.07) is 47.2. The Morgan fingerprint density at radius 1 is 0.673 bits per heavy atom. The molecule has 5 nitrogen and oxygen atoms in total. The van der Waals surface area contributed by atoms with Gasteiger partial charge in [0.2, 0.25) is 0 Å². The van der Waals surface area contributed by atoms with Crippen LogP contribution in [0.2, 0.25) is 0 Å². The van der Waals surface area contributed by atoms with E-state index in [0.717, 1.165) is 82.8 Å². The number of phenols is 1. The molecule has 6 heteroatoms. The van der Waals surface area contributed by atoms with Crippen molar-refractivity contribution in [1.82, 2.24) is 14.4 Å². The van der Waals surface area contributed by atoms with Crippen molar-refractivity contribution in [2.24, 2.45) is 0 Å². The van der Waals surface area contributed by atoms with Crippen molar-refractivity contribution >= 4 is 60.3 Å². The number of furan rings is 1. The number of fused-ring (bicyclic) bond motifs is 12. The molecule has 0 aliphatic carbocycles. The summed E-state index contributed by atoms with van der Waals surface area (Å²) in [5, 5.41) is 16.2. The minimum atomic E-state index is -0.126. The molecule has 0 aliphatic rings.